The second kappa shape index (κ2) is 3.23. The highest BCUT2D eigenvalue weighted by Crippen LogP contribution is 2.20. The normalized spacial score (nSPS) is 10.9. The summed E-state index contributed by atoms with van der Waals surface area (Å²) < 4.78 is 0. The van der Waals surface area contributed by atoms with Crippen molar-refractivity contribution in [3.63, 3.8) is 0 Å². The van der Waals surface area contributed by atoms with E-state index in [0.717, 1.165) is 27.6 Å². The van der Waals surface area contributed by atoms with Gasteiger partial charge in [0.25, 0.3) is 0 Å². The molecule has 1 heterocycles. The Bertz CT molecular complexity index is 593. The maximum absolute atomic E-state index is 12.0. The fourth-order valence-corrected chi connectivity index (χ4v) is 2.00. The predicted molar refractivity (Wildman–Crippen MR) is 63.5 cm³/mol. The van der Waals surface area contributed by atoms with Gasteiger partial charge >= 0.3 is 0 Å². The first-order valence-corrected chi connectivity index (χ1v) is 5.11. The van der Waals surface area contributed by atoms with Crippen LogP contribution in [0.4, 0.5) is 0 Å². The van der Waals surface area contributed by atoms with E-state index in [9.17, 15) is 4.79 Å². The van der Waals surface area contributed by atoms with E-state index < -0.39 is 0 Å². The molecule has 0 radical (unpaired) electrons. The molecule has 0 aliphatic heterocycles. The summed E-state index contributed by atoms with van der Waals surface area (Å²) in [6.07, 6.45) is 1.78. The molecule has 1 aromatic heterocycles. The van der Waals surface area contributed by atoms with Crippen LogP contribution in [-0.4, -0.2) is 4.98 Å². The minimum absolute atomic E-state index is 0.146. The molecule has 0 unspecified atom stereocenters. The first-order chi connectivity index (χ1) is 7.02. The van der Waals surface area contributed by atoms with E-state index >= 15 is 0 Å². The van der Waals surface area contributed by atoms with Crippen LogP contribution in [-0.2, 0) is 0 Å². The van der Waals surface area contributed by atoms with Crippen LogP contribution in [0.2, 0.25) is 0 Å². The van der Waals surface area contributed by atoms with Gasteiger partial charge in [-0.25, -0.2) is 0 Å². The van der Waals surface area contributed by atoms with E-state index in [1.165, 1.54) is 5.56 Å². The number of nitrogens with one attached hydrogen (secondary N) is 1. The van der Waals surface area contributed by atoms with Crippen LogP contribution in [0.15, 0.2) is 17.1 Å². The van der Waals surface area contributed by atoms with Crippen LogP contribution in [0.3, 0.4) is 0 Å². The SMILES string of the molecule is Cc1cc(C)c2[nH]cc(C)c(=O)c2c1C. The summed E-state index contributed by atoms with van der Waals surface area (Å²) in [5.74, 6) is 0. The third-order valence-corrected chi connectivity index (χ3v) is 3.06. The largest absolute Gasteiger partial charge is 0.360 e. The highest BCUT2D eigenvalue weighted by atomic mass is 16.1. The van der Waals surface area contributed by atoms with Crippen molar-refractivity contribution < 1.29 is 0 Å². The molecule has 0 saturated carbocycles. The van der Waals surface area contributed by atoms with Gasteiger partial charge in [0.2, 0.25) is 0 Å². The molecule has 2 aromatic rings. The van der Waals surface area contributed by atoms with Gasteiger partial charge < -0.3 is 4.98 Å². The Morgan fingerprint density at radius 3 is 2.33 bits per heavy atom. The van der Waals surface area contributed by atoms with Crippen molar-refractivity contribution >= 4 is 10.9 Å². The van der Waals surface area contributed by atoms with E-state index in [1.54, 1.807) is 6.20 Å². The van der Waals surface area contributed by atoms with Crippen LogP contribution in [0.25, 0.3) is 10.9 Å². The number of hydrogen-bond donors (Lipinski definition) is 1. The Morgan fingerprint density at radius 2 is 1.67 bits per heavy atom. The van der Waals surface area contributed by atoms with E-state index in [4.69, 9.17) is 0 Å². The minimum Gasteiger partial charge on any atom is -0.360 e. The van der Waals surface area contributed by atoms with Crippen LogP contribution in [0.1, 0.15) is 22.3 Å². The fourth-order valence-electron chi connectivity index (χ4n) is 2.00. The molecule has 0 atom stereocenters. The molecule has 1 aromatic carbocycles. The number of benzene rings is 1. The molecule has 0 amide bonds. The van der Waals surface area contributed by atoms with Gasteiger partial charge in [0.05, 0.1) is 5.52 Å². The van der Waals surface area contributed by atoms with Gasteiger partial charge in [-0.05, 0) is 44.4 Å². The number of hydrogen-bond acceptors (Lipinski definition) is 1. The van der Waals surface area contributed by atoms with Crippen molar-refractivity contribution in [2.24, 2.45) is 0 Å². The van der Waals surface area contributed by atoms with E-state index in [2.05, 4.69) is 11.1 Å². The molecule has 2 nitrogen and oxygen atoms in total. The third kappa shape index (κ3) is 1.37. The molecule has 2 rings (SSSR count). The van der Waals surface area contributed by atoms with Crippen molar-refractivity contribution in [1.82, 2.24) is 4.98 Å². The van der Waals surface area contributed by atoms with Gasteiger partial charge in [0.15, 0.2) is 5.43 Å². The first-order valence-electron chi connectivity index (χ1n) is 5.11. The maximum Gasteiger partial charge on any atom is 0.192 e. The quantitative estimate of drug-likeness (QED) is 0.698. The topological polar surface area (TPSA) is 32.9 Å². The lowest BCUT2D eigenvalue weighted by atomic mass is 9.99. The summed E-state index contributed by atoms with van der Waals surface area (Å²) in [5, 5.41) is 0.840. The van der Waals surface area contributed by atoms with Crippen molar-refractivity contribution in [2.75, 3.05) is 0 Å². The van der Waals surface area contributed by atoms with Crippen LogP contribution in [0, 0.1) is 27.7 Å². The summed E-state index contributed by atoms with van der Waals surface area (Å²) >= 11 is 0. The van der Waals surface area contributed by atoms with Gasteiger partial charge in [-0.15, -0.1) is 0 Å². The number of H-pyrrole nitrogens is 1. The average molecular weight is 201 g/mol. The summed E-state index contributed by atoms with van der Waals surface area (Å²) in [7, 11) is 0. The number of aromatic amines is 1. The zero-order valence-electron chi connectivity index (χ0n) is 9.56. The van der Waals surface area contributed by atoms with Gasteiger partial charge in [-0.1, -0.05) is 6.07 Å². The number of fused-ring (bicyclic) bond motifs is 1. The number of aryl methyl sites for hydroxylation is 4. The monoisotopic (exact) mass is 201 g/mol. The van der Waals surface area contributed by atoms with E-state index in [0.29, 0.717) is 0 Å². The maximum atomic E-state index is 12.0. The lowest BCUT2D eigenvalue weighted by Gasteiger charge is -2.09. The smallest absolute Gasteiger partial charge is 0.192 e. The highest BCUT2D eigenvalue weighted by Gasteiger charge is 2.08. The minimum atomic E-state index is 0.146. The third-order valence-electron chi connectivity index (χ3n) is 3.06. The Kier molecular flexibility index (Phi) is 2.14. The molecule has 78 valence electrons. The van der Waals surface area contributed by atoms with Gasteiger partial charge in [-0.3, -0.25) is 4.79 Å². The Balaban J connectivity index is 3.12. The summed E-state index contributed by atoms with van der Waals surface area (Å²) in [5.41, 5.74) is 5.28. The average Bonchev–Trinajstić information content (AvgIpc) is 2.19. The Labute approximate surface area is 89.0 Å². The lowest BCUT2D eigenvalue weighted by Crippen LogP contribution is -2.09. The Hall–Kier alpha value is -1.57. The number of aromatic nitrogens is 1. The van der Waals surface area contributed by atoms with Crippen molar-refractivity contribution in [2.45, 2.75) is 27.7 Å². The molecule has 2 heteroatoms. The zero-order chi connectivity index (χ0) is 11.2. The zero-order valence-corrected chi connectivity index (χ0v) is 9.56. The van der Waals surface area contributed by atoms with Crippen molar-refractivity contribution in [1.29, 1.82) is 0 Å². The van der Waals surface area contributed by atoms with Gasteiger partial charge in [-0.2, -0.15) is 0 Å². The second-order valence-corrected chi connectivity index (χ2v) is 4.19. The molecule has 0 saturated heterocycles. The van der Waals surface area contributed by atoms with Crippen molar-refractivity contribution in [3.05, 3.63) is 44.7 Å². The van der Waals surface area contributed by atoms with Gasteiger partial charge in [0, 0.05) is 17.1 Å². The summed E-state index contributed by atoms with van der Waals surface area (Å²) in [6.45, 7) is 7.92. The second-order valence-electron chi connectivity index (χ2n) is 4.19. The molecule has 0 fully saturated rings. The van der Waals surface area contributed by atoms with E-state index in [-0.39, 0.29) is 5.43 Å². The van der Waals surface area contributed by atoms with E-state index in [1.807, 2.05) is 27.7 Å². The fraction of sp³-hybridized carbons (Fsp3) is 0.308. The molecule has 15 heavy (non-hydrogen) atoms. The lowest BCUT2D eigenvalue weighted by molar-refractivity contribution is 1.25. The molecule has 0 aliphatic carbocycles. The van der Waals surface area contributed by atoms with Gasteiger partial charge in [0.1, 0.15) is 0 Å². The predicted octanol–water partition coefficient (Wildman–Crippen LogP) is 2.76. The molecule has 1 N–H and O–H groups in total. The Morgan fingerprint density at radius 1 is 1.00 bits per heavy atom. The van der Waals surface area contributed by atoms with Crippen molar-refractivity contribution in [3.8, 4) is 0 Å². The summed E-state index contributed by atoms with van der Waals surface area (Å²) in [4.78, 5) is 15.2. The molecule has 0 bridgehead atoms. The summed E-state index contributed by atoms with van der Waals surface area (Å²) in [6, 6.07) is 2.11. The molecule has 0 aliphatic rings. The first kappa shape index (κ1) is 9.97. The molecular weight excluding hydrogens is 186 g/mol. The highest BCUT2D eigenvalue weighted by molar-refractivity contribution is 5.86. The van der Waals surface area contributed by atoms with Crippen LogP contribution < -0.4 is 5.43 Å². The number of rotatable bonds is 0. The molecule has 0 spiro atoms. The number of pyridine rings is 1. The van der Waals surface area contributed by atoms with Crippen LogP contribution in [0.5, 0.6) is 0 Å². The van der Waals surface area contributed by atoms with Crippen LogP contribution >= 0.6 is 0 Å². The molecular formula is C13H15NO. The standard InChI is InChI=1S/C13H15NO/c1-7-5-8(2)12-11(10(7)4)13(15)9(3)6-14-12/h5-6H,1-4H3,(H,14,15).